The van der Waals surface area contributed by atoms with Gasteiger partial charge in [-0.25, -0.2) is 4.79 Å². The normalized spacial score (nSPS) is 21.7. The lowest BCUT2D eigenvalue weighted by Gasteiger charge is -2.30. The Hall–Kier alpha value is -2.57. The van der Waals surface area contributed by atoms with Gasteiger partial charge in [0.15, 0.2) is 0 Å². The van der Waals surface area contributed by atoms with Gasteiger partial charge in [-0.2, -0.15) is 0 Å². The van der Waals surface area contributed by atoms with Gasteiger partial charge >= 0.3 is 12.1 Å². The van der Waals surface area contributed by atoms with Crippen LogP contribution in [-0.2, 0) is 14.3 Å². The van der Waals surface area contributed by atoms with Gasteiger partial charge < -0.3 is 9.47 Å². The zero-order chi connectivity index (χ0) is 16.7. The number of likely N-dealkylation sites (tertiary alicyclic amines) is 1. The fraction of sp³-hybridized carbons (Fsp3) is 0.438. The van der Waals surface area contributed by atoms with Crippen molar-refractivity contribution in [3.05, 3.63) is 23.8 Å². The molecule has 2 unspecified atom stereocenters. The number of fused-ring (bicyclic) bond motifs is 3. The van der Waals surface area contributed by atoms with Gasteiger partial charge in [-0.15, -0.1) is 0 Å². The molecule has 1 saturated heterocycles. The molecule has 0 radical (unpaired) electrons. The number of hydrogen-bond donors (Lipinski definition) is 0. The van der Waals surface area contributed by atoms with E-state index >= 15 is 0 Å². The summed E-state index contributed by atoms with van der Waals surface area (Å²) < 4.78 is 9.96. The van der Waals surface area contributed by atoms with Crippen LogP contribution in [0.1, 0.15) is 31.7 Å². The monoisotopic (exact) mass is 318 g/mol. The Bertz CT molecular complexity index is 687. The average Bonchev–Trinajstić information content (AvgIpc) is 3.03. The molecule has 7 heteroatoms. The van der Waals surface area contributed by atoms with Crippen LogP contribution in [0, 0.1) is 0 Å². The lowest BCUT2D eigenvalue weighted by atomic mass is 9.98. The summed E-state index contributed by atoms with van der Waals surface area (Å²) in [6.07, 6.45) is -0.112. The predicted molar refractivity (Wildman–Crippen MR) is 81.2 cm³/mol. The van der Waals surface area contributed by atoms with Crippen LogP contribution < -0.4 is 9.64 Å². The highest BCUT2D eigenvalue weighted by Gasteiger charge is 2.49. The molecule has 2 aliphatic heterocycles. The molecule has 0 N–H and O–H groups in total. The average molecular weight is 318 g/mol. The highest BCUT2D eigenvalue weighted by molar-refractivity contribution is 5.96. The minimum atomic E-state index is -0.447. The van der Waals surface area contributed by atoms with E-state index in [1.54, 1.807) is 28.0 Å². The summed E-state index contributed by atoms with van der Waals surface area (Å²) in [4.78, 5) is 38.4. The number of ether oxygens (including phenoxy) is 2. The molecule has 2 heterocycles. The molecule has 122 valence electrons. The van der Waals surface area contributed by atoms with E-state index in [2.05, 4.69) is 0 Å². The van der Waals surface area contributed by atoms with E-state index in [-0.39, 0.29) is 18.0 Å². The Kier molecular flexibility index (Phi) is 3.71. The first kappa shape index (κ1) is 15.3. The molecule has 2 amide bonds. The topological polar surface area (TPSA) is 76.2 Å². The van der Waals surface area contributed by atoms with Gasteiger partial charge in [0.05, 0.1) is 7.11 Å². The number of amides is 2. The van der Waals surface area contributed by atoms with Crippen molar-refractivity contribution in [3.63, 3.8) is 0 Å². The number of esters is 1. The predicted octanol–water partition coefficient (Wildman–Crippen LogP) is 1.86. The summed E-state index contributed by atoms with van der Waals surface area (Å²) in [6, 6.07) is 5.18. The quantitative estimate of drug-likeness (QED) is 0.583. The van der Waals surface area contributed by atoms with Crippen LogP contribution >= 0.6 is 0 Å². The molecule has 1 aromatic carbocycles. The van der Waals surface area contributed by atoms with E-state index in [4.69, 9.17) is 9.47 Å². The minimum Gasteiger partial charge on any atom is -0.453 e. The standard InChI is InChI=1S/C16H18N2O5/c1-9(19)18-14-5-4-11(23-10(2)20)8-13(14)12-6-7-17(15(12)18)16(21)22-3/h4-5,8,12,15H,6-7H2,1-3H3. The Morgan fingerprint density at radius 1 is 1.22 bits per heavy atom. The largest absolute Gasteiger partial charge is 0.453 e. The Balaban J connectivity index is 2.02. The van der Waals surface area contributed by atoms with Crippen molar-refractivity contribution in [3.8, 4) is 5.75 Å². The maximum Gasteiger partial charge on any atom is 0.411 e. The summed E-state index contributed by atoms with van der Waals surface area (Å²) in [6.45, 7) is 3.33. The smallest absolute Gasteiger partial charge is 0.411 e. The molecule has 0 aromatic heterocycles. The summed E-state index contributed by atoms with van der Waals surface area (Å²) in [5.74, 6) is -0.110. The second-order valence-corrected chi connectivity index (χ2v) is 5.68. The van der Waals surface area contributed by atoms with Crippen LogP contribution in [0.4, 0.5) is 10.5 Å². The Morgan fingerprint density at radius 3 is 2.57 bits per heavy atom. The number of benzene rings is 1. The molecule has 0 bridgehead atoms. The van der Waals surface area contributed by atoms with Crippen molar-refractivity contribution < 1.29 is 23.9 Å². The number of methoxy groups -OCH3 is 1. The fourth-order valence-electron chi connectivity index (χ4n) is 3.51. The molecule has 2 aliphatic rings. The van der Waals surface area contributed by atoms with Gasteiger partial charge in [0.2, 0.25) is 5.91 Å². The summed E-state index contributed by atoms with van der Waals surface area (Å²) >= 11 is 0. The molecule has 2 atom stereocenters. The number of rotatable bonds is 1. The third kappa shape index (κ3) is 2.42. The molecule has 1 aromatic rings. The first-order valence-corrected chi connectivity index (χ1v) is 7.40. The molecule has 1 fully saturated rings. The third-order valence-electron chi connectivity index (χ3n) is 4.29. The molecule has 0 saturated carbocycles. The van der Waals surface area contributed by atoms with Gasteiger partial charge in [0, 0.05) is 32.0 Å². The van der Waals surface area contributed by atoms with Crippen molar-refractivity contribution in [1.82, 2.24) is 4.90 Å². The van der Waals surface area contributed by atoms with E-state index in [0.29, 0.717) is 12.3 Å². The Morgan fingerprint density at radius 2 is 1.96 bits per heavy atom. The zero-order valence-electron chi connectivity index (χ0n) is 13.2. The lowest BCUT2D eigenvalue weighted by molar-refractivity contribution is -0.131. The second kappa shape index (κ2) is 5.57. The van der Waals surface area contributed by atoms with Crippen LogP contribution in [0.3, 0.4) is 0 Å². The van der Waals surface area contributed by atoms with E-state index in [0.717, 1.165) is 17.7 Å². The lowest BCUT2D eigenvalue weighted by Crippen LogP contribution is -2.48. The molecule has 3 rings (SSSR count). The second-order valence-electron chi connectivity index (χ2n) is 5.68. The number of carbonyl (C=O) groups excluding carboxylic acids is 3. The fourth-order valence-corrected chi connectivity index (χ4v) is 3.51. The van der Waals surface area contributed by atoms with Crippen molar-refractivity contribution in [2.75, 3.05) is 18.6 Å². The summed E-state index contributed by atoms with van der Waals surface area (Å²) in [7, 11) is 1.33. The van der Waals surface area contributed by atoms with Gasteiger partial charge in [-0.1, -0.05) is 0 Å². The van der Waals surface area contributed by atoms with Crippen LogP contribution in [0.25, 0.3) is 0 Å². The van der Waals surface area contributed by atoms with Gasteiger partial charge in [0.25, 0.3) is 0 Å². The molecule has 0 aliphatic carbocycles. The molecule has 0 spiro atoms. The number of hydrogen-bond acceptors (Lipinski definition) is 5. The maximum atomic E-state index is 12.1. The first-order valence-electron chi connectivity index (χ1n) is 7.40. The van der Waals surface area contributed by atoms with Crippen molar-refractivity contribution in [2.45, 2.75) is 32.4 Å². The van der Waals surface area contributed by atoms with E-state index < -0.39 is 12.1 Å². The Labute approximate surface area is 133 Å². The first-order chi connectivity index (χ1) is 10.9. The van der Waals surface area contributed by atoms with E-state index in [1.165, 1.54) is 21.0 Å². The van der Waals surface area contributed by atoms with Crippen LogP contribution in [0.2, 0.25) is 0 Å². The van der Waals surface area contributed by atoms with Crippen LogP contribution in [0.5, 0.6) is 5.75 Å². The number of anilines is 1. The summed E-state index contributed by atoms with van der Waals surface area (Å²) in [5.41, 5.74) is 1.66. The molecular formula is C16H18N2O5. The summed E-state index contributed by atoms with van der Waals surface area (Å²) in [5, 5.41) is 0. The van der Waals surface area contributed by atoms with Crippen LogP contribution in [-0.4, -0.2) is 42.7 Å². The van der Waals surface area contributed by atoms with Gasteiger partial charge in [-0.3, -0.25) is 19.4 Å². The van der Waals surface area contributed by atoms with Crippen molar-refractivity contribution in [2.24, 2.45) is 0 Å². The highest BCUT2D eigenvalue weighted by Crippen LogP contribution is 2.48. The maximum absolute atomic E-state index is 12.1. The van der Waals surface area contributed by atoms with E-state index in [1.807, 2.05) is 0 Å². The van der Waals surface area contributed by atoms with Gasteiger partial charge in [-0.05, 0) is 30.2 Å². The van der Waals surface area contributed by atoms with E-state index in [9.17, 15) is 14.4 Å². The number of carbonyl (C=O) groups is 3. The van der Waals surface area contributed by atoms with Crippen molar-refractivity contribution in [1.29, 1.82) is 0 Å². The van der Waals surface area contributed by atoms with Gasteiger partial charge in [0.1, 0.15) is 11.9 Å². The van der Waals surface area contributed by atoms with Crippen LogP contribution in [0.15, 0.2) is 18.2 Å². The molecule has 23 heavy (non-hydrogen) atoms. The minimum absolute atomic E-state index is 0.0106. The number of nitrogens with zero attached hydrogens (tertiary/aromatic N) is 2. The molecular weight excluding hydrogens is 300 g/mol. The molecule has 7 nitrogen and oxygen atoms in total. The third-order valence-corrected chi connectivity index (χ3v) is 4.29. The SMILES string of the molecule is COC(=O)N1CCC2c3cc(OC(C)=O)ccc3N(C(C)=O)C21. The zero-order valence-corrected chi connectivity index (χ0v) is 13.2. The highest BCUT2D eigenvalue weighted by atomic mass is 16.5. The van der Waals surface area contributed by atoms with Crippen molar-refractivity contribution >= 4 is 23.7 Å².